The molecule has 5 heteroatoms. The van der Waals surface area contributed by atoms with Gasteiger partial charge in [-0.15, -0.1) is 0 Å². The fraction of sp³-hybridized carbons (Fsp3) is 0.833. The molecule has 1 amide bonds. The molecule has 2 atom stereocenters. The van der Waals surface area contributed by atoms with Crippen LogP contribution >= 0.6 is 11.8 Å². The Kier molecular flexibility index (Phi) is 3.97. The Labute approximate surface area is 107 Å². The van der Waals surface area contributed by atoms with Crippen molar-refractivity contribution in [2.45, 2.75) is 38.1 Å². The lowest BCUT2D eigenvalue weighted by molar-refractivity contribution is -0.119. The number of nitrogens with one attached hydrogen (secondary N) is 2. The maximum absolute atomic E-state index is 11.1. The first kappa shape index (κ1) is 12.7. The first-order valence-corrected chi connectivity index (χ1v) is 7.28. The van der Waals surface area contributed by atoms with Crippen LogP contribution in [0.4, 0.5) is 0 Å². The van der Waals surface area contributed by atoms with E-state index in [-0.39, 0.29) is 18.0 Å². The second kappa shape index (κ2) is 5.29. The van der Waals surface area contributed by atoms with Crippen molar-refractivity contribution in [3.63, 3.8) is 0 Å². The van der Waals surface area contributed by atoms with Gasteiger partial charge in [-0.3, -0.25) is 9.79 Å². The van der Waals surface area contributed by atoms with Gasteiger partial charge in [0, 0.05) is 18.3 Å². The van der Waals surface area contributed by atoms with Crippen LogP contribution in [0.25, 0.3) is 0 Å². The molecule has 0 aromatic heterocycles. The molecule has 0 aromatic carbocycles. The lowest BCUT2D eigenvalue weighted by Crippen LogP contribution is -2.47. The molecule has 1 spiro atoms. The van der Waals surface area contributed by atoms with Crippen LogP contribution < -0.4 is 10.6 Å². The Hall–Kier alpha value is -0.710. The van der Waals surface area contributed by atoms with Crippen molar-refractivity contribution < 1.29 is 4.79 Å². The van der Waals surface area contributed by atoms with Gasteiger partial charge in [-0.1, -0.05) is 31.5 Å². The van der Waals surface area contributed by atoms with E-state index in [4.69, 9.17) is 0 Å². The van der Waals surface area contributed by atoms with E-state index in [0.717, 1.165) is 16.8 Å². The second-order valence-electron chi connectivity index (χ2n) is 5.19. The van der Waals surface area contributed by atoms with Crippen LogP contribution in [-0.2, 0) is 4.79 Å². The van der Waals surface area contributed by atoms with Gasteiger partial charge in [0.1, 0.15) is 6.54 Å². The van der Waals surface area contributed by atoms with Crippen molar-refractivity contribution in [2.24, 2.45) is 10.9 Å². The fourth-order valence-electron chi connectivity index (χ4n) is 2.72. The van der Waals surface area contributed by atoms with Crippen molar-refractivity contribution in [3.8, 4) is 0 Å². The highest BCUT2D eigenvalue weighted by molar-refractivity contribution is 8.14. The predicted octanol–water partition coefficient (Wildman–Crippen LogP) is 1.37. The Morgan fingerprint density at radius 3 is 3.24 bits per heavy atom. The van der Waals surface area contributed by atoms with E-state index in [0.29, 0.717) is 0 Å². The molecule has 1 saturated carbocycles. The van der Waals surface area contributed by atoms with E-state index < -0.39 is 0 Å². The normalized spacial score (nSPS) is 34.9. The number of likely N-dealkylation sites (N-methyl/N-ethyl adjacent to an activating group) is 1. The van der Waals surface area contributed by atoms with Crippen LogP contribution in [0.15, 0.2) is 4.99 Å². The van der Waals surface area contributed by atoms with Crippen molar-refractivity contribution in [1.29, 1.82) is 0 Å². The third kappa shape index (κ3) is 3.15. The van der Waals surface area contributed by atoms with E-state index in [1.165, 1.54) is 25.7 Å². The Bertz CT molecular complexity index is 332. The zero-order valence-electron chi connectivity index (χ0n) is 10.6. The summed E-state index contributed by atoms with van der Waals surface area (Å²) in [5.74, 6) is 1.87. The molecule has 0 aromatic rings. The molecular weight excluding hydrogens is 234 g/mol. The smallest absolute Gasteiger partial charge is 0.241 e. The Morgan fingerprint density at radius 2 is 2.53 bits per heavy atom. The van der Waals surface area contributed by atoms with Crippen LogP contribution in [0.5, 0.6) is 0 Å². The minimum absolute atomic E-state index is 0.0298. The van der Waals surface area contributed by atoms with E-state index in [2.05, 4.69) is 22.5 Å². The lowest BCUT2D eigenvalue weighted by atomic mass is 9.78. The standard InChI is InChI=1S/C12H21N3OS/c1-9-4-3-5-12(6-9)8-17-11(15-12)14-7-10(16)13-2/h9H,3-8H2,1-2H3,(H,13,16)(H,14,15). The number of aliphatic imine (C=N–C) groups is 1. The summed E-state index contributed by atoms with van der Waals surface area (Å²) in [6, 6.07) is 0. The first-order chi connectivity index (χ1) is 8.13. The third-order valence-corrected chi connectivity index (χ3v) is 4.80. The lowest BCUT2D eigenvalue weighted by Gasteiger charge is -2.36. The summed E-state index contributed by atoms with van der Waals surface area (Å²) >= 11 is 1.76. The van der Waals surface area contributed by atoms with Gasteiger partial charge in [0.25, 0.3) is 0 Å². The summed E-state index contributed by atoms with van der Waals surface area (Å²) < 4.78 is 0. The quantitative estimate of drug-likeness (QED) is 0.783. The van der Waals surface area contributed by atoms with Gasteiger partial charge < -0.3 is 10.6 Å². The van der Waals surface area contributed by atoms with Gasteiger partial charge in [0.2, 0.25) is 5.91 Å². The van der Waals surface area contributed by atoms with E-state index in [1.807, 2.05) is 0 Å². The number of hydrogen-bond acceptors (Lipinski definition) is 3. The van der Waals surface area contributed by atoms with E-state index in [1.54, 1.807) is 18.8 Å². The van der Waals surface area contributed by atoms with Crippen LogP contribution in [0.1, 0.15) is 32.6 Å². The summed E-state index contributed by atoms with van der Waals surface area (Å²) in [6.07, 6.45) is 5.12. The Balaban J connectivity index is 1.92. The molecule has 2 unspecified atom stereocenters. The van der Waals surface area contributed by atoms with Crippen molar-refractivity contribution >= 4 is 22.8 Å². The number of rotatable bonds is 2. The van der Waals surface area contributed by atoms with E-state index in [9.17, 15) is 4.79 Å². The van der Waals surface area contributed by atoms with Crippen LogP contribution in [-0.4, -0.2) is 36.0 Å². The largest absolute Gasteiger partial charge is 0.359 e. The maximum Gasteiger partial charge on any atom is 0.241 e. The summed E-state index contributed by atoms with van der Waals surface area (Å²) in [6.45, 7) is 2.56. The number of amides is 1. The van der Waals surface area contributed by atoms with Gasteiger partial charge in [0.15, 0.2) is 5.17 Å². The highest BCUT2D eigenvalue weighted by atomic mass is 32.2. The van der Waals surface area contributed by atoms with Gasteiger partial charge in [0.05, 0.1) is 0 Å². The zero-order valence-corrected chi connectivity index (χ0v) is 11.4. The molecule has 1 aliphatic carbocycles. The van der Waals surface area contributed by atoms with Gasteiger partial charge in [-0.05, 0) is 18.8 Å². The van der Waals surface area contributed by atoms with Crippen LogP contribution in [0.2, 0.25) is 0 Å². The molecule has 2 aliphatic rings. The average Bonchev–Trinajstić information content (AvgIpc) is 2.69. The number of carbonyl (C=O) groups excluding carboxylic acids is 1. The van der Waals surface area contributed by atoms with Gasteiger partial charge >= 0.3 is 0 Å². The van der Waals surface area contributed by atoms with Gasteiger partial charge in [-0.25, -0.2) is 0 Å². The molecule has 1 aliphatic heterocycles. The number of amidine groups is 1. The summed E-state index contributed by atoms with van der Waals surface area (Å²) in [5.41, 5.74) is 0.254. The fourth-order valence-corrected chi connectivity index (χ4v) is 3.91. The number of thioether (sulfide) groups is 1. The predicted molar refractivity (Wildman–Crippen MR) is 72.3 cm³/mol. The van der Waals surface area contributed by atoms with Crippen LogP contribution in [0.3, 0.4) is 0 Å². The first-order valence-electron chi connectivity index (χ1n) is 6.29. The topological polar surface area (TPSA) is 53.5 Å². The minimum Gasteiger partial charge on any atom is -0.359 e. The Morgan fingerprint density at radius 1 is 1.71 bits per heavy atom. The molecule has 0 bridgehead atoms. The molecule has 4 nitrogen and oxygen atoms in total. The maximum atomic E-state index is 11.1. The zero-order chi connectivity index (χ0) is 12.3. The summed E-state index contributed by atoms with van der Waals surface area (Å²) in [5, 5.41) is 7.08. The van der Waals surface area contributed by atoms with Crippen molar-refractivity contribution in [3.05, 3.63) is 0 Å². The molecule has 1 saturated heterocycles. The average molecular weight is 255 g/mol. The molecular formula is C12H21N3OS. The molecule has 0 radical (unpaired) electrons. The van der Waals surface area contributed by atoms with Crippen molar-refractivity contribution in [1.82, 2.24) is 10.6 Å². The third-order valence-electron chi connectivity index (χ3n) is 3.59. The number of carbonyl (C=O) groups is 1. The molecule has 2 rings (SSSR count). The summed E-state index contributed by atoms with van der Waals surface area (Å²) in [4.78, 5) is 15.5. The second-order valence-corrected chi connectivity index (χ2v) is 6.15. The molecule has 17 heavy (non-hydrogen) atoms. The van der Waals surface area contributed by atoms with Crippen LogP contribution in [0, 0.1) is 5.92 Å². The highest BCUT2D eigenvalue weighted by Crippen LogP contribution is 2.38. The van der Waals surface area contributed by atoms with Gasteiger partial charge in [-0.2, -0.15) is 0 Å². The SMILES string of the molecule is CNC(=O)CN=C1NC2(CCCC(C)C2)CS1. The van der Waals surface area contributed by atoms with E-state index >= 15 is 0 Å². The highest BCUT2D eigenvalue weighted by Gasteiger charge is 2.40. The minimum atomic E-state index is -0.0298. The number of hydrogen-bond donors (Lipinski definition) is 2. The molecule has 1 heterocycles. The molecule has 96 valence electrons. The van der Waals surface area contributed by atoms with Crippen molar-refractivity contribution in [2.75, 3.05) is 19.3 Å². The monoisotopic (exact) mass is 255 g/mol. The molecule has 2 N–H and O–H groups in total. The summed E-state index contributed by atoms with van der Waals surface area (Å²) in [7, 11) is 1.64. The molecule has 2 fully saturated rings. The number of nitrogens with zero attached hydrogens (tertiary/aromatic N) is 1.